The molecule has 0 aliphatic rings. The number of alkyl halides is 2. The average Bonchev–Trinajstić information content (AvgIpc) is 1.86. The highest BCUT2D eigenvalue weighted by Crippen LogP contribution is 2.30. The minimum Gasteiger partial charge on any atom is -0.209 e. The fraction of sp³-hybridized carbons (Fsp3) is 0.667. The van der Waals surface area contributed by atoms with Crippen LogP contribution in [0.4, 0.5) is 17.6 Å². The van der Waals surface area contributed by atoms with Gasteiger partial charge in [0.1, 0.15) is 5.83 Å². The Morgan fingerprint density at radius 1 is 1.30 bits per heavy atom. The summed E-state index contributed by atoms with van der Waals surface area (Å²) < 4.78 is 48.1. The molecule has 0 amide bonds. The third-order valence-electron chi connectivity index (χ3n) is 1.07. The maximum atomic E-state index is 12.1. The molecule has 0 rings (SSSR count). The molecule has 0 N–H and O–H groups in total. The van der Waals surface area contributed by atoms with Crippen LogP contribution in [0.3, 0.4) is 0 Å². The largest absolute Gasteiger partial charge is 0.301 e. The average molecular weight is 156 g/mol. The van der Waals surface area contributed by atoms with Crippen LogP contribution in [-0.4, -0.2) is 5.92 Å². The summed E-state index contributed by atoms with van der Waals surface area (Å²) in [6, 6.07) is 0. The van der Waals surface area contributed by atoms with Gasteiger partial charge in [0.05, 0.1) is 0 Å². The zero-order valence-corrected chi connectivity index (χ0v) is 5.72. The molecule has 4 heteroatoms. The van der Waals surface area contributed by atoms with E-state index in [-0.39, 0.29) is 0 Å². The summed E-state index contributed by atoms with van der Waals surface area (Å²) in [7, 11) is 0. The Bertz CT molecular complexity index is 144. The Morgan fingerprint density at radius 3 is 1.80 bits per heavy atom. The molecule has 0 saturated carbocycles. The molecule has 0 aliphatic heterocycles. The Morgan fingerprint density at radius 2 is 1.70 bits per heavy atom. The molecule has 10 heavy (non-hydrogen) atoms. The van der Waals surface area contributed by atoms with Crippen LogP contribution in [0.2, 0.25) is 0 Å². The van der Waals surface area contributed by atoms with Gasteiger partial charge in [-0.3, -0.25) is 0 Å². The Balaban J connectivity index is 4.49. The lowest BCUT2D eigenvalue weighted by Gasteiger charge is -2.10. The summed E-state index contributed by atoms with van der Waals surface area (Å²) in [5, 5.41) is 0. The highest BCUT2D eigenvalue weighted by Gasteiger charge is 2.34. The molecule has 60 valence electrons. The third-order valence-corrected chi connectivity index (χ3v) is 1.07. The van der Waals surface area contributed by atoms with E-state index in [0.717, 1.165) is 6.92 Å². The highest BCUT2D eigenvalue weighted by atomic mass is 19.3. The first-order valence-electron chi connectivity index (χ1n) is 2.82. The number of hydrogen-bond donors (Lipinski definition) is 0. The lowest BCUT2D eigenvalue weighted by atomic mass is 10.2. The molecule has 0 aromatic heterocycles. The lowest BCUT2D eigenvalue weighted by Crippen LogP contribution is -2.15. The van der Waals surface area contributed by atoms with Crippen molar-refractivity contribution in [3.05, 3.63) is 11.7 Å². The quantitative estimate of drug-likeness (QED) is 0.538. The van der Waals surface area contributed by atoms with E-state index < -0.39 is 24.0 Å². The van der Waals surface area contributed by atoms with Crippen LogP contribution in [0.1, 0.15) is 20.3 Å². The summed E-state index contributed by atoms with van der Waals surface area (Å²) in [5.74, 6) is -7.06. The van der Waals surface area contributed by atoms with Crippen LogP contribution in [0, 0.1) is 0 Å². The van der Waals surface area contributed by atoms with Crippen LogP contribution in [0.5, 0.6) is 0 Å². The van der Waals surface area contributed by atoms with Gasteiger partial charge in [-0.05, 0) is 6.92 Å². The fourth-order valence-corrected chi connectivity index (χ4v) is 0.407. The molecule has 0 atom stereocenters. The minimum atomic E-state index is -3.64. The normalized spacial score (nSPS) is 15.0. The smallest absolute Gasteiger partial charge is 0.209 e. The van der Waals surface area contributed by atoms with E-state index in [2.05, 4.69) is 0 Å². The lowest BCUT2D eigenvalue weighted by molar-refractivity contribution is 0.0108. The van der Waals surface area contributed by atoms with Crippen LogP contribution in [0.15, 0.2) is 11.7 Å². The van der Waals surface area contributed by atoms with E-state index in [0.29, 0.717) is 6.92 Å². The van der Waals surface area contributed by atoms with E-state index in [9.17, 15) is 17.6 Å². The molecule has 0 radical (unpaired) electrons. The van der Waals surface area contributed by atoms with Gasteiger partial charge in [-0.2, -0.15) is 8.78 Å². The molecule has 0 heterocycles. The predicted octanol–water partition coefficient (Wildman–Crippen LogP) is 3.20. The molecular formula is C6H8F4. The minimum absolute atomic E-state index is 0.666. The number of halogens is 4. The maximum Gasteiger partial charge on any atom is 0.301 e. The van der Waals surface area contributed by atoms with Gasteiger partial charge in [-0.25, -0.2) is 8.78 Å². The molecule has 0 fully saturated rings. The van der Waals surface area contributed by atoms with E-state index in [1.165, 1.54) is 0 Å². The van der Waals surface area contributed by atoms with E-state index in [4.69, 9.17) is 0 Å². The summed E-state index contributed by atoms with van der Waals surface area (Å²) in [5.41, 5.74) is 0. The summed E-state index contributed by atoms with van der Waals surface area (Å²) in [4.78, 5) is 0. The van der Waals surface area contributed by atoms with Gasteiger partial charge < -0.3 is 0 Å². The third kappa shape index (κ3) is 2.01. The summed E-state index contributed by atoms with van der Waals surface area (Å²) in [6.45, 7) is 1.75. The van der Waals surface area contributed by atoms with Gasteiger partial charge in [0.25, 0.3) is 0 Å². The van der Waals surface area contributed by atoms with Crippen molar-refractivity contribution < 1.29 is 17.6 Å². The van der Waals surface area contributed by atoms with Crippen LogP contribution in [0.25, 0.3) is 0 Å². The molecule has 0 aliphatic carbocycles. The standard InChI is InChI=1S/C6H8F4/c1-3-6(9,10)5(8)4(2)7/h3H2,1-2H3/b5-4+. The first-order chi connectivity index (χ1) is 4.41. The van der Waals surface area contributed by atoms with Crippen LogP contribution in [-0.2, 0) is 0 Å². The monoisotopic (exact) mass is 156 g/mol. The van der Waals surface area contributed by atoms with E-state index >= 15 is 0 Å². The molecule has 0 aromatic rings. The zero-order valence-electron chi connectivity index (χ0n) is 5.72. The molecule has 0 bridgehead atoms. The van der Waals surface area contributed by atoms with Crippen molar-refractivity contribution in [3.8, 4) is 0 Å². The molecule has 0 aromatic carbocycles. The summed E-state index contributed by atoms with van der Waals surface area (Å²) in [6.07, 6.45) is -0.722. The second-order valence-electron chi connectivity index (χ2n) is 1.91. The van der Waals surface area contributed by atoms with Gasteiger partial charge in [-0.15, -0.1) is 0 Å². The SMILES string of the molecule is CCC(F)(F)/C(F)=C(/C)F. The van der Waals surface area contributed by atoms with Crippen molar-refractivity contribution in [2.75, 3.05) is 0 Å². The van der Waals surface area contributed by atoms with Crippen molar-refractivity contribution in [3.63, 3.8) is 0 Å². The number of rotatable bonds is 2. The van der Waals surface area contributed by atoms with Crippen LogP contribution < -0.4 is 0 Å². The molecule has 0 nitrogen and oxygen atoms in total. The molecule has 0 spiro atoms. The second kappa shape index (κ2) is 3.03. The van der Waals surface area contributed by atoms with Crippen LogP contribution >= 0.6 is 0 Å². The van der Waals surface area contributed by atoms with Gasteiger partial charge in [-0.1, -0.05) is 6.92 Å². The second-order valence-corrected chi connectivity index (χ2v) is 1.91. The fourth-order valence-electron chi connectivity index (χ4n) is 0.407. The zero-order chi connectivity index (χ0) is 8.36. The molecule has 0 unspecified atom stereocenters. The first kappa shape index (κ1) is 9.46. The molecular weight excluding hydrogens is 148 g/mol. The number of allylic oxidation sites excluding steroid dienone is 2. The topological polar surface area (TPSA) is 0 Å². The van der Waals surface area contributed by atoms with Gasteiger partial charge in [0.2, 0.25) is 0 Å². The van der Waals surface area contributed by atoms with E-state index in [1.807, 2.05) is 0 Å². The van der Waals surface area contributed by atoms with Gasteiger partial charge >= 0.3 is 5.92 Å². The predicted molar refractivity (Wildman–Crippen MR) is 30.2 cm³/mol. The van der Waals surface area contributed by atoms with Crippen molar-refractivity contribution in [2.45, 2.75) is 26.2 Å². The Kier molecular flexibility index (Phi) is 2.87. The van der Waals surface area contributed by atoms with Crippen molar-refractivity contribution >= 4 is 0 Å². The van der Waals surface area contributed by atoms with Gasteiger partial charge in [0, 0.05) is 6.42 Å². The summed E-state index contributed by atoms with van der Waals surface area (Å²) >= 11 is 0. The Hall–Kier alpha value is -0.540. The van der Waals surface area contributed by atoms with Crippen molar-refractivity contribution in [2.24, 2.45) is 0 Å². The van der Waals surface area contributed by atoms with Crippen molar-refractivity contribution in [1.82, 2.24) is 0 Å². The van der Waals surface area contributed by atoms with E-state index in [1.54, 1.807) is 0 Å². The van der Waals surface area contributed by atoms with Crippen molar-refractivity contribution in [1.29, 1.82) is 0 Å². The van der Waals surface area contributed by atoms with Gasteiger partial charge in [0.15, 0.2) is 5.83 Å². The molecule has 0 saturated heterocycles. The highest BCUT2D eigenvalue weighted by molar-refractivity contribution is 5.06. The number of hydrogen-bond acceptors (Lipinski definition) is 0. The maximum absolute atomic E-state index is 12.1. The Labute approximate surface area is 56.5 Å². The first-order valence-corrected chi connectivity index (χ1v) is 2.82.